The summed E-state index contributed by atoms with van der Waals surface area (Å²) < 4.78 is 5.63. The van der Waals surface area contributed by atoms with E-state index in [1.165, 1.54) is 17.7 Å². The van der Waals surface area contributed by atoms with Crippen LogP contribution in [0.3, 0.4) is 0 Å². The fourth-order valence-corrected chi connectivity index (χ4v) is 5.21. The Morgan fingerprint density at radius 2 is 1.71 bits per heavy atom. The molecule has 2 aromatic rings. The molecular weight excluding hydrogens is 368 g/mol. The smallest absolute Gasteiger partial charge is 0.119 e. The minimum atomic E-state index is 0.302. The van der Waals surface area contributed by atoms with E-state index in [1.807, 2.05) is 19.1 Å². The highest BCUT2D eigenvalue weighted by Crippen LogP contribution is 2.43. The molecule has 0 amide bonds. The second-order valence-corrected chi connectivity index (χ2v) is 9.41. The highest BCUT2D eigenvalue weighted by molar-refractivity contribution is 6.30. The van der Waals surface area contributed by atoms with E-state index in [2.05, 4.69) is 60.0 Å². The van der Waals surface area contributed by atoms with Gasteiger partial charge in [0.05, 0.1) is 6.61 Å². The molecule has 0 aliphatic carbocycles. The van der Waals surface area contributed by atoms with Gasteiger partial charge in [-0.05, 0) is 66.6 Å². The first-order valence-corrected chi connectivity index (χ1v) is 10.8. The van der Waals surface area contributed by atoms with Gasteiger partial charge in [-0.15, -0.1) is 0 Å². The number of ether oxygens (including phenoxy) is 1. The summed E-state index contributed by atoms with van der Waals surface area (Å²) in [5, 5.41) is 0.808. The molecule has 2 bridgehead atoms. The first-order chi connectivity index (χ1) is 13.4. The van der Waals surface area contributed by atoms with Crippen molar-refractivity contribution in [2.45, 2.75) is 39.8 Å². The SMILES string of the molecule is CCOc1ccc(N2CC3CN(Cc4ccc(Cl)cc4)CC2C(C)(C)C3)cc1. The second-order valence-electron chi connectivity index (χ2n) is 8.97. The lowest BCUT2D eigenvalue weighted by Gasteiger charge is -2.48. The van der Waals surface area contributed by atoms with E-state index in [-0.39, 0.29) is 0 Å². The molecule has 0 aromatic heterocycles. The third kappa shape index (κ3) is 4.16. The Bertz CT molecular complexity index is 787. The lowest BCUT2D eigenvalue weighted by atomic mass is 9.73. The predicted octanol–water partition coefficient (Wildman–Crippen LogP) is 5.48. The molecule has 3 fully saturated rings. The van der Waals surface area contributed by atoms with E-state index in [0.717, 1.165) is 37.0 Å². The van der Waals surface area contributed by atoms with Crippen LogP contribution in [-0.2, 0) is 6.54 Å². The van der Waals surface area contributed by atoms with Crippen LogP contribution in [0.15, 0.2) is 48.5 Å². The number of hydrogen-bond donors (Lipinski definition) is 0. The molecule has 3 aliphatic rings. The Morgan fingerprint density at radius 1 is 1.00 bits per heavy atom. The van der Waals surface area contributed by atoms with Crippen molar-refractivity contribution in [3.05, 3.63) is 59.1 Å². The summed E-state index contributed by atoms with van der Waals surface area (Å²) in [5.41, 5.74) is 2.96. The number of fused-ring (bicyclic) bond motifs is 4. The summed E-state index contributed by atoms with van der Waals surface area (Å²) in [4.78, 5) is 5.29. The van der Waals surface area contributed by atoms with Gasteiger partial charge in [0.15, 0.2) is 0 Å². The van der Waals surface area contributed by atoms with Gasteiger partial charge in [-0.3, -0.25) is 4.90 Å². The number of piperidine rings is 1. The van der Waals surface area contributed by atoms with Crippen LogP contribution < -0.4 is 9.64 Å². The Hall–Kier alpha value is -1.71. The third-order valence-electron chi connectivity index (χ3n) is 6.29. The molecular formula is C24H31ClN2O. The van der Waals surface area contributed by atoms with Gasteiger partial charge in [0, 0.05) is 42.9 Å². The molecule has 0 N–H and O–H groups in total. The topological polar surface area (TPSA) is 15.7 Å². The van der Waals surface area contributed by atoms with Crippen molar-refractivity contribution < 1.29 is 4.74 Å². The minimum absolute atomic E-state index is 0.302. The molecule has 3 saturated heterocycles. The summed E-state index contributed by atoms with van der Waals surface area (Å²) in [7, 11) is 0. The van der Waals surface area contributed by atoms with Crippen molar-refractivity contribution in [1.29, 1.82) is 0 Å². The van der Waals surface area contributed by atoms with E-state index in [4.69, 9.17) is 16.3 Å². The molecule has 3 nitrogen and oxygen atoms in total. The molecule has 0 spiro atoms. The minimum Gasteiger partial charge on any atom is -0.494 e. The highest BCUT2D eigenvalue weighted by Gasteiger charge is 2.45. The van der Waals surface area contributed by atoms with Gasteiger partial charge in [-0.2, -0.15) is 0 Å². The Morgan fingerprint density at radius 3 is 2.39 bits per heavy atom. The molecule has 2 atom stereocenters. The van der Waals surface area contributed by atoms with E-state index in [0.29, 0.717) is 24.0 Å². The maximum Gasteiger partial charge on any atom is 0.119 e. The number of benzene rings is 2. The van der Waals surface area contributed by atoms with Crippen molar-refractivity contribution in [2.24, 2.45) is 11.3 Å². The van der Waals surface area contributed by atoms with E-state index >= 15 is 0 Å². The number of halogens is 1. The molecule has 3 aliphatic heterocycles. The van der Waals surface area contributed by atoms with Crippen molar-refractivity contribution in [1.82, 2.24) is 4.90 Å². The average molecular weight is 399 g/mol. The summed E-state index contributed by atoms with van der Waals surface area (Å²) in [6.45, 7) is 12.0. The Labute approximate surface area is 174 Å². The zero-order chi connectivity index (χ0) is 19.7. The van der Waals surface area contributed by atoms with Gasteiger partial charge >= 0.3 is 0 Å². The maximum atomic E-state index is 6.06. The lowest BCUT2D eigenvalue weighted by Crippen LogP contribution is -2.53. The highest BCUT2D eigenvalue weighted by atomic mass is 35.5. The van der Waals surface area contributed by atoms with Gasteiger partial charge in [-0.1, -0.05) is 37.6 Å². The van der Waals surface area contributed by atoms with Crippen LogP contribution in [0, 0.1) is 11.3 Å². The molecule has 28 heavy (non-hydrogen) atoms. The van der Waals surface area contributed by atoms with Crippen LogP contribution in [0.5, 0.6) is 5.75 Å². The molecule has 5 rings (SSSR count). The van der Waals surface area contributed by atoms with Crippen molar-refractivity contribution in [3.63, 3.8) is 0 Å². The Kier molecular flexibility index (Phi) is 5.57. The number of nitrogens with zero attached hydrogens (tertiary/aromatic N) is 2. The molecule has 0 radical (unpaired) electrons. The number of hydrogen-bond acceptors (Lipinski definition) is 3. The van der Waals surface area contributed by atoms with Crippen LogP contribution in [0.1, 0.15) is 32.8 Å². The molecule has 3 heterocycles. The fraction of sp³-hybridized carbons (Fsp3) is 0.500. The molecule has 150 valence electrons. The van der Waals surface area contributed by atoms with E-state index in [9.17, 15) is 0 Å². The first kappa shape index (κ1) is 19.6. The zero-order valence-electron chi connectivity index (χ0n) is 17.2. The quantitative estimate of drug-likeness (QED) is 0.663. The standard InChI is InChI=1S/C24H31ClN2O/c1-4-28-22-11-9-21(10-12-22)27-16-19-13-24(2,3)23(27)17-26(15-19)14-18-5-7-20(25)8-6-18/h5-12,19,23H,4,13-17H2,1-3H3. The monoisotopic (exact) mass is 398 g/mol. The van der Waals surface area contributed by atoms with Gasteiger partial charge in [0.1, 0.15) is 5.75 Å². The molecule has 4 heteroatoms. The van der Waals surface area contributed by atoms with Crippen LogP contribution in [-0.4, -0.2) is 37.2 Å². The number of rotatable bonds is 5. The van der Waals surface area contributed by atoms with Crippen LogP contribution in [0.25, 0.3) is 0 Å². The first-order valence-electron chi connectivity index (χ1n) is 10.4. The average Bonchev–Trinajstić information content (AvgIpc) is 2.90. The van der Waals surface area contributed by atoms with Crippen molar-refractivity contribution in [2.75, 3.05) is 31.1 Å². The van der Waals surface area contributed by atoms with Crippen LogP contribution in [0.2, 0.25) is 5.02 Å². The summed E-state index contributed by atoms with van der Waals surface area (Å²) in [5.74, 6) is 1.64. The van der Waals surface area contributed by atoms with Crippen LogP contribution in [0.4, 0.5) is 5.69 Å². The van der Waals surface area contributed by atoms with Gasteiger partial charge in [-0.25, -0.2) is 0 Å². The summed E-state index contributed by atoms with van der Waals surface area (Å²) in [6.07, 6.45) is 1.29. The van der Waals surface area contributed by atoms with Crippen molar-refractivity contribution >= 4 is 17.3 Å². The maximum absolute atomic E-state index is 6.06. The fourth-order valence-electron chi connectivity index (χ4n) is 5.09. The van der Waals surface area contributed by atoms with Gasteiger partial charge < -0.3 is 9.64 Å². The molecule has 2 aromatic carbocycles. The Balaban J connectivity index is 1.55. The summed E-state index contributed by atoms with van der Waals surface area (Å²) >= 11 is 6.06. The predicted molar refractivity (Wildman–Crippen MR) is 117 cm³/mol. The molecule has 0 saturated carbocycles. The largest absolute Gasteiger partial charge is 0.494 e. The van der Waals surface area contributed by atoms with E-state index in [1.54, 1.807) is 0 Å². The van der Waals surface area contributed by atoms with Gasteiger partial charge in [0.25, 0.3) is 0 Å². The number of anilines is 1. The van der Waals surface area contributed by atoms with Gasteiger partial charge in [0.2, 0.25) is 0 Å². The van der Waals surface area contributed by atoms with Crippen LogP contribution >= 0.6 is 11.6 Å². The lowest BCUT2D eigenvalue weighted by molar-refractivity contribution is 0.190. The third-order valence-corrected chi connectivity index (χ3v) is 6.55. The second kappa shape index (κ2) is 7.96. The molecule has 2 unspecified atom stereocenters. The normalized spacial score (nSPS) is 24.2. The van der Waals surface area contributed by atoms with Crippen molar-refractivity contribution in [3.8, 4) is 5.75 Å². The van der Waals surface area contributed by atoms with E-state index < -0.39 is 0 Å². The summed E-state index contributed by atoms with van der Waals surface area (Å²) in [6, 6.07) is 17.5. The zero-order valence-corrected chi connectivity index (χ0v) is 18.0.